The molecule has 0 saturated carbocycles. The Labute approximate surface area is 108 Å². The molecule has 1 aliphatic heterocycles. The summed E-state index contributed by atoms with van der Waals surface area (Å²) in [6.45, 7) is 7.75. The van der Waals surface area contributed by atoms with E-state index < -0.39 is 9.84 Å². The Morgan fingerprint density at radius 2 is 2.28 bits per heavy atom. The first-order chi connectivity index (χ1) is 8.38. The standard InChI is InChI=1S/C12H21N3O2S/c1-4-13-7-11-8-14-15(10(11)2)12(3)5-6-18(16,17)9-12/h8,13H,4-7,9H2,1-3H3. The van der Waals surface area contributed by atoms with Crippen molar-refractivity contribution in [2.24, 2.45) is 0 Å². The van der Waals surface area contributed by atoms with Crippen LogP contribution in [-0.4, -0.2) is 36.2 Å². The van der Waals surface area contributed by atoms with Crippen LogP contribution in [0.15, 0.2) is 6.20 Å². The van der Waals surface area contributed by atoms with Crippen LogP contribution in [-0.2, 0) is 21.9 Å². The van der Waals surface area contributed by atoms with Crippen molar-refractivity contribution in [3.05, 3.63) is 17.5 Å². The second-order valence-corrected chi connectivity index (χ2v) is 7.47. The SMILES string of the molecule is CCNCc1cnn(C2(C)CCS(=O)(=O)C2)c1C. The minimum atomic E-state index is -2.90. The average molecular weight is 271 g/mol. The van der Waals surface area contributed by atoms with E-state index in [4.69, 9.17) is 0 Å². The molecule has 1 aromatic rings. The van der Waals surface area contributed by atoms with E-state index in [1.54, 1.807) is 0 Å². The molecule has 0 radical (unpaired) electrons. The molecule has 102 valence electrons. The van der Waals surface area contributed by atoms with Gasteiger partial charge in [-0.1, -0.05) is 6.92 Å². The van der Waals surface area contributed by atoms with Gasteiger partial charge in [0.25, 0.3) is 0 Å². The quantitative estimate of drug-likeness (QED) is 0.881. The molecule has 1 N–H and O–H groups in total. The highest BCUT2D eigenvalue weighted by atomic mass is 32.2. The molecule has 0 bridgehead atoms. The van der Waals surface area contributed by atoms with E-state index in [1.165, 1.54) is 0 Å². The summed E-state index contributed by atoms with van der Waals surface area (Å²) in [5.74, 6) is 0.467. The highest BCUT2D eigenvalue weighted by Gasteiger charge is 2.41. The van der Waals surface area contributed by atoms with Crippen molar-refractivity contribution in [3.8, 4) is 0 Å². The molecule has 0 spiro atoms. The third kappa shape index (κ3) is 2.44. The summed E-state index contributed by atoms with van der Waals surface area (Å²) in [5.41, 5.74) is 1.82. The van der Waals surface area contributed by atoms with Crippen molar-refractivity contribution in [3.63, 3.8) is 0 Å². The fourth-order valence-electron chi connectivity index (χ4n) is 2.58. The van der Waals surface area contributed by atoms with Gasteiger partial charge in [0.2, 0.25) is 0 Å². The molecule has 6 heteroatoms. The topological polar surface area (TPSA) is 64.0 Å². The summed E-state index contributed by atoms with van der Waals surface area (Å²) in [5, 5.41) is 7.67. The van der Waals surface area contributed by atoms with Gasteiger partial charge >= 0.3 is 0 Å². The number of hydrogen-bond acceptors (Lipinski definition) is 4. The first kappa shape index (κ1) is 13.5. The van der Waals surface area contributed by atoms with Crippen molar-refractivity contribution in [2.75, 3.05) is 18.1 Å². The molecule has 1 fully saturated rings. The van der Waals surface area contributed by atoms with E-state index >= 15 is 0 Å². The third-order valence-electron chi connectivity index (χ3n) is 3.67. The summed E-state index contributed by atoms with van der Waals surface area (Å²) >= 11 is 0. The van der Waals surface area contributed by atoms with Gasteiger partial charge in [0.05, 0.1) is 23.2 Å². The summed E-state index contributed by atoms with van der Waals surface area (Å²) in [4.78, 5) is 0. The van der Waals surface area contributed by atoms with Gasteiger partial charge in [0.1, 0.15) is 0 Å². The molecule has 2 rings (SSSR count). The molecule has 1 unspecified atom stereocenters. The zero-order chi connectivity index (χ0) is 13.4. The molecule has 0 aromatic carbocycles. The maximum atomic E-state index is 11.7. The second kappa shape index (κ2) is 4.66. The van der Waals surface area contributed by atoms with Gasteiger partial charge < -0.3 is 5.32 Å². The van der Waals surface area contributed by atoms with Gasteiger partial charge in [0.15, 0.2) is 9.84 Å². The van der Waals surface area contributed by atoms with Gasteiger partial charge in [-0.25, -0.2) is 8.42 Å². The molecule has 5 nitrogen and oxygen atoms in total. The lowest BCUT2D eigenvalue weighted by atomic mass is 10.0. The van der Waals surface area contributed by atoms with E-state index in [1.807, 2.05) is 24.7 Å². The van der Waals surface area contributed by atoms with Gasteiger partial charge in [0, 0.05) is 17.8 Å². The Balaban J connectivity index is 2.27. The van der Waals surface area contributed by atoms with Crippen LogP contribution >= 0.6 is 0 Å². The van der Waals surface area contributed by atoms with E-state index in [0.717, 1.165) is 24.3 Å². The van der Waals surface area contributed by atoms with Crippen molar-refractivity contribution in [1.29, 1.82) is 0 Å². The first-order valence-corrected chi connectivity index (χ1v) is 8.15. The number of hydrogen-bond donors (Lipinski definition) is 1. The lowest BCUT2D eigenvalue weighted by Crippen LogP contribution is -2.33. The lowest BCUT2D eigenvalue weighted by molar-refractivity contribution is 0.321. The number of nitrogens with one attached hydrogen (secondary N) is 1. The van der Waals surface area contributed by atoms with Gasteiger partial charge in [-0.05, 0) is 26.8 Å². The molecular formula is C12H21N3O2S. The lowest BCUT2D eigenvalue weighted by Gasteiger charge is -2.24. The van der Waals surface area contributed by atoms with Crippen molar-refractivity contribution in [1.82, 2.24) is 15.1 Å². The van der Waals surface area contributed by atoms with Crippen LogP contribution in [0.4, 0.5) is 0 Å². The Hall–Kier alpha value is -0.880. The molecular weight excluding hydrogens is 250 g/mol. The monoisotopic (exact) mass is 271 g/mol. The highest BCUT2D eigenvalue weighted by Crippen LogP contribution is 2.31. The molecule has 1 saturated heterocycles. The predicted molar refractivity (Wildman–Crippen MR) is 71.3 cm³/mol. The van der Waals surface area contributed by atoms with Crippen molar-refractivity contribution >= 4 is 9.84 Å². The van der Waals surface area contributed by atoms with Crippen LogP contribution in [0.2, 0.25) is 0 Å². The van der Waals surface area contributed by atoms with Crippen LogP contribution < -0.4 is 5.32 Å². The smallest absolute Gasteiger partial charge is 0.152 e. The molecule has 0 aliphatic carbocycles. The maximum absolute atomic E-state index is 11.7. The Morgan fingerprint density at radius 1 is 1.56 bits per heavy atom. The number of sulfone groups is 1. The fraction of sp³-hybridized carbons (Fsp3) is 0.750. The summed E-state index contributed by atoms with van der Waals surface area (Å²) in [6.07, 6.45) is 2.49. The van der Waals surface area contributed by atoms with Crippen molar-refractivity contribution in [2.45, 2.75) is 39.3 Å². The Bertz CT molecular complexity index is 536. The number of rotatable bonds is 4. The summed E-state index contributed by atoms with van der Waals surface area (Å²) in [7, 11) is -2.90. The van der Waals surface area contributed by atoms with E-state index in [9.17, 15) is 8.42 Å². The first-order valence-electron chi connectivity index (χ1n) is 6.33. The van der Waals surface area contributed by atoms with Gasteiger partial charge in [-0.15, -0.1) is 0 Å². The zero-order valence-electron chi connectivity index (χ0n) is 11.2. The third-order valence-corrected chi connectivity index (χ3v) is 5.56. The predicted octanol–water partition coefficient (Wildman–Crippen LogP) is 0.835. The normalized spacial score (nSPS) is 26.6. The van der Waals surface area contributed by atoms with Crippen LogP contribution in [0.3, 0.4) is 0 Å². The largest absolute Gasteiger partial charge is 0.313 e. The minimum absolute atomic E-state index is 0.198. The maximum Gasteiger partial charge on any atom is 0.152 e. The molecule has 1 atom stereocenters. The van der Waals surface area contributed by atoms with Crippen LogP contribution in [0.25, 0.3) is 0 Å². The van der Waals surface area contributed by atoms with Crippen LogP contribution in [0.1, 0.15) is 31.5 Å². The minimum Gasteiger partial charge on any atom is -0.313 e. The molecule has 1 aromatic heterocycles. The van der Waals surface area contributed by atoms with Gasteiger partial charge in [-0.2, -0.15) is 5.10 Å². The van der Waals surface area contributed by atoms with Crippen molar-refractivity contribution < 1.29 is 8.42 Å². The highest BCUT2D eigenvalue weighted by molar-refractivity contribution is 7.91. The number of nitrogens with zero attached hydrogens (tertiary/aromatic N) is 2. The van der Waals surface area contributed by atoms with E-state index in [0.29, 0.717) is 6.42 Å². The molecule has 2 heterocycles. The fourth-order valence-corrected chi connectivity index (χ4v) is 4.69. The molecule has 18 heavy (non-hydrogen) atoms. The summed E-state index contributed by atoms with van der Waals surface area (Å²) in [6, 6.07) is 0. The molecule has 0 amide bonds. The van der Waals surface area contributed by atoms with Gasteiger partial charge in [-0.3, -0.25) is 4.68 Å². The zero-order valence-corrected chi connectivity index (χ0v) is 12.0. The van der Waals surface area contributed by atoms with Crippen LogP contribution in [0, 0.1) is 6.92 Å². The average Bonchev–Trinajstić information content (AvgIpc) is 2.78. The van der Waals surface area contributed by atoms with E-state index in [-0.39, 0.29) is 17.0 Å². The van der Waals surface area contributed by atoms with Crippen LogP contribution in [0.5, 0.6) is 0 Å². The second-order valence-electron chi connectivity index (χ2n) is 5.29. The Morgan fingerprint density at radius 3 is 2.83 bits per heavy atom. The Kier molecular flexibility index (Phi) is 3.51. The van der Waals surface area contributed by atoms with E-state index in [2.05, 4.69) is 17.3 Å². The number of aromatic nitrogens is 2. The summed E-state index contributed by atoms with van der Waals surface area (Å²) < 4.78 is 25.2. The molecule has 1 aliphatic rings.